The van der Waals surface area contributed by atoms with Gasteiger partial charge in [-0.2, -0.15) is 0 Å². The summed E-state index contributed by atoms with van der Waals surface area (Å²) < 4.78 is 0. The molecule has 1 amide bonds. The first-order valence-corrected chi connectivity index (χ1v) is 5.38. The number of pyridine rings is 1. The number of nitrogens with one attached hydrogen (secondary N) is 2. The van der Waals surface area contributed by atoms with E-state index in [0.29, 0.717) is 19.4 Å². The Morgan fingerprint density at radius 3 is 2.82 bits per heavy atom. The van der Waals surface area contributed by atoms with Crippen molar-refractivity contribution >= 4 is 5.91 Å². The summed E-state index contributed by atoms with van der Waals surface area (Å²) in [6, 6.07) is 2.30. The number of hydrogen-bond acceptors (Lipinski definition) is 4. The minimum Gasteiger partial charge on any atom is -0.494 e. The van der Waals surface area contributed by atoms with Crippen LogP contribution in [0.2, 0.25) is 0 Å². The van der Waals surface area contributed by atoms with E-state index < -0.39 is 17.6 Å². The lowest BCUT2D eigenvalue weighted by atomic mass is 10.2. The smallest absolute Gasteiger partial charge is 0.251 e. The summed E-state index contributed by atoms with van der Waals surface area (Å²) in [6.45, 7) is 2.09. The van der Waals surface area contributed by atoms with Gasteiger partial charge < -0.3 is 15.5 Å². The topological polar surface area (TPSA) is 102 Å². The van der Waals surface area contributed by atoms with E-state index in [1.807, 2.05) is 0 Å². The first kappa shape index (κ1) is 13.2. The molecule has 0 radical (unpaired) electrons. The fourth-order valence-corrected chi connectivity index (χ4v) is 1.36. The highest BCUT2D eigenvalue weighted by Gasteiger charge is 2.07. The number of aliphatic hydroxyl groups excluding tert-OH is 1. The molecule has 1 rings (SSSR count). The van der Waals surface area contributed by atoms with Crippen molar-refractivity contribution in [2.45, 2.75) is 25.9 Å². The molecule has 0 fully saturated rings. The minimum atomic E-state index is -0.529. The average Bonchev–Trinajstić information content (AvgIpc) is 2.22. The fraction of sp³-hybridized carbons (Fsp3) is 0.455. The first-order chi connectivity index (χ1) is 7.99. The Morgan fingerprint density at radius 2 is 2.24 bits per heavy atom. The van der Waals surface area contributed by atoms with Crippen LogP contribution in [-0.4, -0.2) is 33.8 Å². The van der Waals surface area contributed by atoms with E-state index in [1.165, 1.54) is 6.07 Å². The monoisotopic (exact) mass is 240 g/mol. The number of aromatic hydroxyl groups is 1. The summed E-state index contributed by atoms with van der Waals surface area (Å²) >= 11 is 0. The van der Waals surface area contributed by atoms with Crippen LogP contribution in [0.15, 0.2) is 16.9 Å². The van der Waals surface area contributed by atoms with Crippen LogP contribution in [0.4, 0.5) is 0 Å². The zero-order valence-electron chi connectivity index (χ0n) is 9.56. The predicted molar refractivity (Wildman–Crippen MR) is 62.0 cm³/mol. The second-order valence-corrected chi connectivity index (χ2v) is 3.87. The van der Waals surface area contributed by atoms with E-state index in [0.717, 1.165) is 6.07 Å². The van der Waals surface area contributed by atoms with Gasteiger partial charge in [-0.3, -0.25) is 14.6 Å². The van der Waals surface area contributed by atoms with Crippen LogP contribution in [-0.2, 0) is 0 Å². The van der Waals surface area contributed by atoms with Gasteiger partial charge in [0.15, 0.2) is 5.88 Å². The van der Waals surface area contributed by atoms with Gasteiger partial charge in [-0.05, 0) is 19.8 Å². The predicted octanol–water partition coefficient (Wildman–Crippen LogP) is -0.0287. The van der Waals surface area contributed by atoms with Gasteiger partial charge in [0.2, 0.25) is 0 Å². The van der Waals surface area contributed by atoms with Gasteiger partial charge in [0.1, 0.15) is 0 Å². The Hall–Kier alpha value is -1.82. The zero-order valence-corrected chi connectivity index (χ0v) is 9.56. The van der Waals surface area contributed by atoms with E-state index in [4.69, 9.17) is 10.2 Å². The highest BCUT2D eigenvalue weighted by molar-refractivity contribution is 5.94. The molecule has 0 bridgehead atoms. The molecule has 1 unspecified atom stereocenters. The van der Waals surface area contributed by atoms with Gasteiger partial charge in [-0.15, -0.1) is 0 Å². The SMILES string of the molecule is CC(O)CCCNC(=O)c1cc(O)[nH]c(=O)c1. The quantitative estimate of drug-likeness (QED) is 0.543. The average molecular weight is 240 g/mol. The molecular weight excluding hydrogens is 224 g/mol. The van der Waals surface area contributed by atoms with E-state index in [1.54, 1.807) is 6.92 Å². The molecule has 1 heterocycles. The molecule has 0 aliphatic carbocycles. The third kappa shape index (κ3) is 4.69. The number of aliphatic hydroxyl groups is 1. The Kier molecular flexibility index (Phi) is 4.71. The molecule has 1 aromatic heterocycles. The van der Waals surface area contributed by atoms with Crippen LogP contribution in [0.25, 0.3) is 0 Å². The van der Waals surface area contributed by atoms with Crippen LogP contribution in [0.1, 0.15) is 30.1 Å². The molecule has 0 spiro atoms. The van der Waals surface area contributed by atoms with Crippen LogP contribution in [0, 0.1) is 0 Å². The summed E-state index contributed by atoms with van der Waals surface area (Å²) in [7, 11) is 0. The molecule has 1 aromatic rings. The maximum atomic E-state index is 11.6. The highest BCUT2D eigenvalue weighted by atomic mass is 16.3. The minimum absolute atomic E-state index is 0.114. The number of carbonyl (C=O) groups excluding carboxylic acids is 1. The lowest BCUT2D eigenvalue weighted by molar-refractivity contribution is 0.0949. The Morgan fingerprint density at radius 1 is 1.53 bits per heavy atom. The van der Waals surface area contributed by atoms with Crippen molar-refractivity contribution in [3.63, 3.8) is 0 Å². The van der Waals surface area contributed by atoms with Crippen LogP contribution >= 0.6 is 0 Å². The molecule has 6 heteroatoms. The summed E-state index contributed by atoms with van der Waals surface area (Å²) in [6.07, 6.45) is 0.856. The molecule has 94 valence electrons. The first-order valence-electron chi connectivity index (χ1n) is 5.38. The van der Waals surface area contributed by atoms with Crippen molar-refractivity contribution in [1.29, 1.82) is 0 Å². The standard InChI is InChI=1S/C11H16N2O4/c1-7(14)3-2-4-12-11(17)8-5-9(15)13-10(16)6-8/h5-7,14H,2-4H2,1H3,(H,12,17)(H2,13,15,16). The summed E-state index contributed by atoms with van der Waals surface area (Å²) in [4.78, 5) is 24.7. The van der Waals surface area contributed by atoms with Gasteiger partial charge in [0.05, 0.1) is 11.7 Å². The zero-order chi connectivity index (χ0) is 12.8. The van der Waals surface area contributed by atoms with E-state index in [2.05, 4.69) is 10.3 Å². The Balaban J connectivity index is 2.50. The van der Waals surface area contributed by atoms with Crippen molar-refractivity contribution in [2.75, 3.05) is 6.54 Å². The Labute approximate surface area is 98.3 Å². The molecule has 6 nitrogen and oxygen atoms in total. The lowest BCUT2D eigenvalue weighted by Gasteiger charge is -2.06. The van der Waals surface area contributed by atoms with Gasteiger partial charge in [0, 0.05) is 18.7 Å². The number of H-pyrrole nitrogens is 1. The molecule has 0 aliphatic rings. The Bertz CT molecular complexity index is 439. The molecule has 4 N–H and O–H groups in total. The maximum absolute atomic E-state index is 11.6. The van der Waals surface area contributed by atoms with Gasteiger partial charge >= 0.3 is 0 Å². The lowest BCUT2D eigenvalue weighted by Crippen LogP contribution is -2.26. The van der Waals surface area contributed by atoms with Crippen molar-refractivity contribution < 1.29 is 15.0 Å². The van der Waals surface area contributed by atoms with E-state index in [9.17, 15) is 9.59 Å². The molecule has 17 heavy (non-hydrogen) atoms. The maximum Gasteiger partial charge on any atom is 0.251 e. The van der Waals surface area contributed by atoms with Crippen molar-refractivity contribution in [2.24, 2.45) is 0 Å². The molecule has 0 aromatic carbocycles. The third-order valence-corrected chi connectivity index (χ3v) is 2.18. The summed E-state index contributed by atoms with van der Waals surface area (Å²) in [5.41, 5.74) is -0.414. The van der Waals surface area contributed by atoms with Gasteiger partial charge in [-0.1, -0.05) is 0 Å². The summed E-state index contributed by atoms with van der Waals surface area (Å²) in [5.74, 6) is -0.761. The van der Waals surface area contributed by atoms with E-state index >= 15 is 0 Å². The molecule has 0 saturated carbocycles. The second kappa shape index (κ2) is 6.05. The van der Waals surface area contributed by atoms with Crippen LogP contribution in [0.5, 0.6) is 5.88 Å². The number of rotatable bonds is 5. The highest BCUT2D eigenvalue weighted by Crippen LogP contribution is 2.04. The van der Waals surface area contributed by atoms with Crippen molar-refractivity contribution in [1.82, 2.24) is 10.3 Å². The van der Waals surface area contributed by atoms with Crippen LogP contribution in [0.3, 0.4) is 0 Å². The largest absolute Gasteiger partial charge is 0.494 e. The molecular formula is C11H16N2O4. The van der Waals surface area contributed by atoms with Gasteiger partial charge in [0.25, 0.3) is 11.5 Å². The number of amides is 1. The third-order valence-electron chi connectivity index (χ3n) is 2.18. The molecule has 1 atom stereocenters. The normalized spacial score (nSPS) is 12.1. The molecule has 0 saturated heterocycles. The second-order valence-electron chi connectivity index (χ2n) is 3.87. The van der Waals surface area contributed by atoms with Crippen molar-refractivity contribution in [3.05, 3.63) is 28.0 Å². The van der Waals surface area contributed by atoms with Crippen molar-refractivity contribution in [3.8, 4) is 5.88 Å². The number of carbonyl (C=O) groups is 1. The van der Waals surface area contributed by atoms with Gasteiger partial charge in [-0.25, -0.2) is 0 Å². The molecule has 0 aliphatic heterocycles. The van der Waals surface area contributed by atoms with E-state index in [-0.39, 0.29) is 11.4 Å². The fourth-order valence-electron chi connectivity index (χ4n) is 1.36. The summed E-state index contributed by atoms with van der Waals surface area (Å²) in [5, 5.41) is 20.7. The number of aromatic amines is 1. The number of aromatic nitrogens is 1. The van der Waals surface area contributed by atoms with Crippen LogP contribution < -0.4 is 10.9 Å². The number of hydrogen-bond donors (Lipinski definition) is 4.